The second-order valence-corrected chi connectivity index (χ2v) is 6.23. The van der Waals surface area contributed by atoms with E-state index in [2.05, 4.69) is 0 Å². The maximum atomic E-state index is 13.2. The zero-order valence-electron chi connectivity index (χ0n) is 15.2. The fourth-order valence-electron chi connectivity index (χ4n) is 2.80. The number of furan rings is 1. The molecule has 1 atom stereocenters. The summed E-state index contributed by atoms with van der Waals surface area (Å²) in [7, 11) is 0. The summed E-state index contributed by atoms with van der Waals surface area (Å²) in [6.07, 6.45) is 1.43. The molecule has 1 aromatic heterocycles. The van der Waals surface area contributed by atoms with Crippen LogP contribution >= 0.6 is 0 Å². The number of hydrogen-bond acceptors (Lipinski definition) is 3. The summed E-state index contributed by atoms with van der Waals surface area (Å²) < 4.78 is 24.4. The molecule has 0 aliphatic rings. The second kappa shape index (κ2) is 9.03. The van der Waals surface area contributed by atoms with Crippen molar-refractivity contribution in [3.63, 3.8) is 0 Å². The Morgan fingerprint density at radius 1 is 1.04 bits per heavy atom. The average molecular weight is 367 g/mol. The van der Waals surface area contributed by atoms with Crippen molar-refractivity contribution >= 4 is 5.91 Å². The molecule has 3 rings (SSSR count). The van der Waals surface area contributed by atoms with Gasteiger partial charge in [0.15, 0.2) is 6.10 Å². The minimum Gasteiger partial charge on any atom is -0.481 e. The Kier molecular flexibility index (Phi) is 6.26. The van der Waals surface area contributed by atoms with Gasteiger partial charge in [0.1, 0.15) is 17.3 Å². The van der Waals surface area contributed by atoms with E-state index < -0.39 is 6.10 Å². The van der Waals surface area contributed by atoms with Gasteiger partial charge in [-0.1, -0.05) is 37.3 Å². The van der Waals surface area contributed by atoms with Gasteiger partial charge in [-0.3, -0.25) is 4.79 Å². The topological polar surface area (TPSA) is 42.7 Å². The molecule has 5 heteroatoms. The summed E-state index contributed by atoms with van der Waals surface area (Å²) in [4.78, 5) is 14.9. The SMILES string of the molecule is CCC(Oc1ccc(F)cc1)C(=O)N(Cc1ccccc1)Cc1ccco1. The molecule has 0 bridgehead atoms. The van der Waals surface area contributed by atoms with Gasteiger partial charge in [0.2, 0.25) is 0 Å². The molecule has 4 nitrogen and oxygen atoms in total. The first-order valence-electron chi connectivity index (χ1n) is 8.93. The van der Waals surface area contributed by atoms with E-state index in [0.29, 0.717) is 31.0 Å². The van der Waals surface area contributed by atoms with Crippen LogP contribution in [0.15, 0.2) is 77.4 Å². The number of ether oxygens (including phenoxy) is 1. The average Bonchev–Trinajstić information content (AvgIpc) is 3.20. The van der Waals surface area contributed by atoms with Crippen molar-refractivity contribution in [2.24, 2.45) is 0 Å². The van der Waals surface area contributed by atoms with Crippen molar-refractivity contribution in [1.29, 1.82) is 0 Å². The zero-order valence-corrected chi connectivity index (χ0v) is 15.2. The van der Waals surface area contributed by atoms with Crippen LogP contribution in [0.5, 0.6) is 5.75 Å². The highest BCUT2D eigenvalue weighted by Gasteiger charge is 2.25. The van der Waals surface area contributed by atoms with Crippen LogP contribution in [-0.2, 0) is 17.9 Å². The molecular weight excluding hydrogens is 345 g/mol. The minimum atomic E-state index is -0.658. The number of nitrogens with zero attached hydrogens (tertiary/aromatic N) is 1. The summed E-state index contributed by atoms with van der Waals surface area (Å²) >= 11 is 0. The molecule has 0 radical (unpaired) electrons. The lowest BCUT2D eigenvalue weighted by atomic mass is 10.1. The third-order valence-electron chi connectivity index (χ3n) is 4.19. The van der Waals surface area contributed by atoms with Crippen molar-refractivity contribution in [1.82, 2.24) is 4.90 Å². The fourth-order valence-corrected chi connectivity index (χ4v) is 2.80. The predicted octanol–water partition coefficient (Wildman–Crippen LogP) is 4.81. The molecule has 2 aromatic carbocycles. The molecule has 0 saturated heterocycles. The number of carbonyl (C=O) groups excluding carboxylic acids is 1. The molecule has 1 heterocycles. The van der Waals surface area contributed by atoms with E-state index >= 15 is 0 Å². The van der Waals surface area contributed by atoms with Crippen LogP contribution in [0.2, 0.25) is 0 Å². The van der Waals surface area contributed by atoms with E-state index in [9.17, 15) is 9.18 Å². The lowest BCUT2D eigenvalue weighted by Gasteiger charge is -2.27. The van der Waals surface area contributed by atoms with Gasteiger partial charge in [-0.25, -0.2) is 4.39 Å². The first-order chi connectivity index (χ1) is 13.2. The standard InChI is InChI=1S/C22H22FNO3/c1-2-21(27-19-12-10-18(23)11-13-19)22(25)24(16-20-9-6-14-26-20)15-17-7-4-3-5-8-17/h3-14,21H,2,15-16H2,1H3. The molecule has 1 unspecified atom stereocenters. The highest BCUT2D eigenvalue weighted by molar-refractivity contribution is 5.81. The lowest BCUT2D eigenvalue weighted by molar-refractivity contribution is -0.140. The Balaban J connectivity index is 1.77. The molecule has 3 aromatic rings. The van der Waals surface area contributed by atoms with Crippen molar-refractivity contribution in [2.45, 2.75) is 32.5 Å². The van der Waals surface area contributed by atoms with Gasteiger partial charge in [-0.15, -0.1) is 0 Å². The summed E-state index contributed by atoms with van der Waals surface area (Å²) in [5.74, 6) is 0.692. The first kappa shape index (κ1) is 18.7. The molecule has 27 heavy (non-hydrogen) atoms. The third-order valence-corrected chi connectivity index (χ3v) is 4.19. The van der Waals surface area contributed by atoms with E-state index in [1.807, 2.05) is 43.3 Å². The van der Waals surface area contributed by atoms with Crippen LogP contribution < -0.4 is 4.74 Å². The van der Waals surface area contributed by atoms with Crippen LogP contribution in [-0.4, -0.2) is 16.9 Å². The molecule has 0 fully saturated rings. The normalized spacial score (nSPS) is 11.8. The van der Waals surface area contributed by atoms with Gasteiger partial charge in [0.25, 0.3) is 5.91 Å². The van der Waals surface area contributed by atoms with Gasteiger partial charge in [-0.05, 0) is 48.4 Å². The monoisotopic (exact) mass is 367 g/mol. The second-order valence-electron chi connectivity index (χ2n) is 6.23. The van der Waals surface area contributed by atoms with Crippen molar-refractivity contribution < 1.29 is 18.3 Å². The van der Waals surface area contributed by atoms with E-state index in [1.54, 1.807) is 17.2 Å². The van der Waals surface area contributed by atoms with Crippen LogP contribution in [0.1, 0.15) is 24.7 Å². The van der Waals surface area contributed by atoms with E-state index in [-0.39, 0.29) is 11.7 Å². The van der Waals surface area contributed by atoms with Crippen molar-refractivity contribution in [3.8, 4) is 5.75 Å². The smallest absolute Gasteiger partial charge is 0.264 e. The van der Waals surface area contributed by atoms with Crippen molar-refractivity contribution in [2.75, 3.05) is 0 Å². The molecule has 0 aliphatic heterocycles. The molecule has 0 aliphatic carbocycles. The summed E-state index contributed by atoms with van der Waals surface area (Å²) in [5.41, 5.74) is 1.02. The minimum absolute atomic E-state index is 0.137. The Morgan fingerprint density at radius 3 is 2.41 bits per heavy atom. The molecule has 1 amide bonds. The zero-order chi connectivity index (χ0) is 19.1. The number of benzene rings is 2. The Morgan fingerprint density at radius 2 is 1.78 bits per heavy atom. The predicted molar refractivity (Wildman–Crippen MR) is 101 cm³/mol. The van der Waals surface area contributed by atoms with Gasteiger partial charge in [-0.2, -0.15) is 0 Å². The number of hydrogen-bond donors (Lipinski definition) is 0. The summed E-state index contributed by atoms with van der Waals surface area (Å²) in [5, 5.41) is 0. The molecular formula is C22H22FNO3. The van der Waals surface area contributed by atoms with Gasteiger partial charge >= 0.3 is 0 Å². The van der Waals surface area contributed by atoms with E-state index in [0.717, 1.165) is 5.56 Å². The summed E-state index contributed by atoms with van der Waals surface area (Å²) in [6.45, 7) is 2.69. The lowest BCUT2D eigenvalue weighted by Crippen LogP contribution is -2.41. The van der Waals surface area contributed by atoms with Crippen LogP contribution in [0.4, 0.5) is 4.39 Å². The van der Waals surface area contributed by atoms with Crippen LogP contribution in [0.3, 0.4) is 0 Å². The molecule has 140 valence electrons. The highest BCUT2D eigenvalue weighted by Crippen LogP contribution is 2.18. The van der Waals surface area contributed by atoms with E-state index in [1.165, 1.54) is 24.3 Å². The maximum absolute atomic E-state index is 13.2. The van der Waals surface area contributed by atoms with Crippen LogP contribution in [0.25, 0.3) is 0 Å². The first-order valence-corrected chi connectivity index (χ1v) is 8.93. The largest absolute Gasteiger partial charge is 0.481 e. The Hall–Kier alpha value is -3.08. The van der Waals surface area contributed by atoms with Crippen LogP contribution in [0, 0.1) is 5.82 Å². The molecule has 0 N–H and O–H groups in total. The van der Waals surface area contributed by atoms with Gasteiger partial charge in [0.05, 0.1) is 12.8 Å². The number of rotatable bonds is 8. The molecule has 0 spiro atoms. The number of carbonyl (C=O) groups is 1. The fraction of sp³-hybridized carbons (Fsp3) is 0.227. The quantitative estimate of drug-likeness (QED) is 0.574. The Bertz CT molecular complexity index is 832. The van der Waals surface area contributed by atoms with E-state index in [4.69, 9.17) is 9.15 Å². The van der Waals surface area contributed by atoms with Crippen molar-refractivity contribution in [3.05, 3.63) is 90.1 Å². The Labute approximate surface area is 158 Å². The molecule has 0 saturated carbocycles. The third kappa shape index (κ3) is 5.20. The van der Waals surface area contributed by atoms with Gasteiger partial charge in [0, 0.05) is 6.54 Å². The number of halogens is 1. The number of amides is 1. The summed E-state index contributed by atoms with van der Waals surface area (Å²) in [6, 6.07) is 19.1. The van der Waals surface area contributed by atoms with Gasteiger partial charge < -0.3 is 14.1 Å². The maximum Gasteiger partial charge on any atom is 0.264 e. The highest BCUT2D eigenvalue weighted by atomic mass is 19.1.